The second-order valence-corrected chi connectivity index (χ2v) is 16.6. The number of likely N-dealkylation sites (N-methyl/N-ethyl adjacent to an activating group) is 1. The van der Waals surface area contributed by atoms with Crippen molar-refractivity contribution in [2.24, 2.45) is 0 Å². The molecule has 10 heteroatoms. The molecule has 0 radical (unpaired) electrons. The van der Waals surface area contributed by atoms with E-state index in [9.17, 15) is 19.0 Å². The van der Waals surface area contributed by atoms with Crippen molar-refractivity contribution in [2.75, 3.05) is 40.5 Å². The van der Waals surface area contributed by atoms with Gasteiger partial charge in [-0.25, -0.2) is 4.57 Å². The van der Waals surface area contributed by atoms with E-state index in [0.717, 1.165) is 57.8 Å². The molecule has 2 unspecified atom stereocenters. The SMILES string of the molecule is CC/C=C\C/C=C\C/C=C\C/C=C\CCCCC(=O)OC(COC(=O)CCCCCCCCCCC/C=C\CCCCCCCC)COP(=O)(O)OCCN(C)C. The van der Waals surface area contributed by atoms with E-state index in [4.69, 9.17) is 18.5 Å². The lowest BCUT2D eigenvalue weighted by Gasteiger charge is -2.20. The lowest BCUT2D eigenvalue weighted by molar-refractivity contribution is -0.161. The molecule has 0 aromatic carbocycles. The Morgan fingerprint density at radius 1 is 0.561 bits per heavy atom. The Balaban J connectivity index is 4.31. The van der Waals surface area contributed by atoms with Gasteiger partial charge in [0.05, 0.1) is 13.2 Å². The van der Waals surface area contributed by atoms with Gasteiger partial charge in [0.1, 0.15) is 6.61 Å². The average Bonchev–Trinajstić information content (AvgIpc) is 3.18. The second-order valence-electron chi connectivity index (χ2n) is 15.2. The number of esters is 2. The molecule has 0 aliphatic rings. The summed E-state index contributed by atoms with van der Waals surface area (Å²) < 4.78 is 33.4. The van der Waals surface area contributed by atoms with Gasteiger partial charge in [0.2, 0.25) is 0 Å². The molecule has 0 aliphatic heterocycles. The molecule has 330 valence electrons. The summed E-state index contributed by atoms with van der Waals surface area (Å²) in [6.45, 7) is 4.15. The molecule has 0 rings (SSSR count). The number of nitrogens with zero attached hydrogens (tertiary/aromatic N) is 1. The predicted octanol–water partition coefficient (Wildman–Crippen LogP) is 13.1. The van der Waals surface area contributed by atoms with E-state index in [1.165, 1.54) is 89.9 Å². The maximum Gasteiger partial charge on any atom is 0.472 e. The number of carbonyl (C=O) groups excluding carboxylic acids is 2. The smallest absolute Gasteiger partial charge is 0.462 e. The largest absolute Gasteiger partial charge is 0.472 e. The van der Waals surface area contributed by atoms with Crippen LogP contribution in [0.3, 0.4) is 0 Å². The molecule has 0 spiro atoms. The summed E-state index contributed by atoms with van der Waals surface area (Å²) in [5.41, 5.74) is 0. The zero-order valence-electron chi connectivity index (χ0n) is 36.8. The third kappa shape index (κ3) is 43.1. The summed E-state index contributed by atoms with van der Waals surface area (Å²) in [6.07, 6.45) is 48.4. The predicted molar refractivity (Wildman–Crippen MR) is 238 cm³/mol. The second kappa shape index (κ2) is 41.9. The molecule has 1 N–H and O–H groups in total. The number of carbonyl (C=O) groups is 2. The van der Waals surface area contributed by atoms with Gasteiger partial charge >= 0.3 is 19.8 Å². The fraction of sp³-hybridized carbons (Fsp3) is 0.745. The summed E-state index contributed by atoms with van der Waals surface area (Å²) in [6, 6.07) is 0. The Morgan fingerprint density at radius 3 is 1.54 bits per heavy atom. The van der Waals surface area contributed by atoms with Crippen LogP contribution in [0.25, 0.3) is 0 Å². The first-order valence-electron chi connectivity index (χ1n) is 22.6. The Labute approximate surface area is 349 Å². The fourth-order valence-electron chi connectivity index (χ4n) is 5.85. The van der Waals surface area contributed by atoms with Gasteiger partial charge in [0.15, 0.2) is 6.10 Å². The summed E-state index contributed by atoms with van der Waals surface area (Å²) in [5.74, 6) is -0.855. The van der Waals surface area contributed by atoms with E-state index in [0.29, 0.717) is 13.0 Å². The number of phosphoric ester groups is 1. The van der Waals surface area contributed by atoms with E-state index < -0.39 is 26.5 Å². The maximum atomic E-state index is 12.6. The van der Waals surface area contributed by atoms with Crippen LogP contribution in [-0.2, 0) is 32.7 Å². The number of allylic oxidation sites excluding steroid dienone is 10. The van der Waals surface area contributed by atoms with Crippen LogP contribution >= 0.6 is 7.82 Å². The molecule has 2 atom stereocenters. The van der Waals surface area contributed by atoms with Gasteiger partial charge in [-0.1, -0.05) is 152 Å². The van der Waals surface area contributed by atoms with Crippen molar-refractivity contribution >= 4 is 19.8 Å². The Bertz CT molecular complexity index is 1130. The highest BCUT2D eigenvalue weighted by atomic mass is 31.2. The minimum atomic E-state index is -4.38. The van der Waals surface area contributed by atoms with Crippen LogP contribution < -0.4 is 0 Å². The molecule has 0 fully saturated rings. The van der Waals surface area contributed by atoms with E-state index in [1.807, 2.05) is 19.0 Å². The number of unbranched alkanes of at least 4 members (excludes halogenated alkanes) is 17. The maximum absolute atomic E-state index is 12.6. The fourth-order valence-corrected chi connectivity index (χ4v) is 6.59. The average molecular weight is 822 g/mol. The van der Waals surface area contributed by atoms with Gasteiger partial charge in [-0.2, -0.15) is 0 Å². The third-order valence-corrected chi connectivity index (χ3v) is 10.3. The van der Waals surface area contributed by atoms with Crippen molar-refractivity contribution in [3.05, 3.63) is 60.8 Å². The lowest BCUT2D eigenvalue weighted by atomic mass is 10.1. The molecule has 0 aliphatic carbocycles. The molecule has 57 heavy (non-hydrogen) atoms. The first-order chi connectivity index (χ1) is 27.7. The van der Waals surface area contributed by atoms with Gasteiger partial charge < -0.3 is 19.3 Å². The van der Waals surface area contributed by atoms with Crippen LogP contribution in [0.5, 0.6) is 0 Å². The van der Waals surface area contributed by atoms with Crippen LogP contribution in [0.2, 0.25) is 0 Å². The molecule has 0 amide bonds. The van der Waals surface area contributed by atoms with Gasteiger partial charge in [0.25, 0.3) is 0 Å². The zero-order chi connectivity index (χ0) is 41.9. The summed E-state index contributed by atoms with van der Waals surface area (Å²) in [4.78, 5) is 37.0. The first-order valence-corrected chi connectivity index (χ1v) is 24.1. The number of rotatable bonds is 41. The highest BCUT2D eigenvalue weighted by Gasteiger charge is 2.26. The highest BCUT2D eigenvalue weighted by molar-refractivity contribution is 7.47. The van der Waals surface area contributed by atoms with Crippen LogP contribution in [0.1, 0.15) is 181 Å². The topological polar surface area (TPSA) is 112 Å². The van der Waals surface area contributed by atoms with Gasteiger partial charge in [-0.05, 0) is 91.1 Å². The van der Waals surface area contributed by atoms with Crippen molar-refractivity contribution in [1.82, 2.24) is 4.90 Å². The lowest BCUT2D eigenvalue weighted by Crippen LogP contribution is -2.29. The summed E-state index contributed by atoms with van der Waals surface area (Å²) in [5, 5.41) is 0. The minimum absolute atomic E-state index is 0.00322. The standard InChI is InChI=1S/C47H84NO8P/c1-5-7-9-11-13-15-17-19-21-22-23-24-26-27-29-31-33-35-37-39-46(49)53-43-45(44-55-57(51,52)54-42-41-48(3)4)56-47(50)40-38-36-34-32-30-28-25-20-18-16-14-12-10-8-6-2/h8,10,14,16,19-21,25,30,32,45H,5-7,9,11-13,15,17-18,22-24,26-29,31,33-44H2,1-4H3,(H,51,52)/b10-8-,16-14-,21-19-,25-20-,32-30-. The Morgan fingerprint density at radius 2 is 1.00 bits per heavy atom. The zero-order valence-corrected chi connectivity index (χ0v) is 37.7. The van der Waals surface area contributed by atoms with Crippen molar-refractivity contribution in [2.45, 2.75) is 187 Å². The van der Waals surface area contributed by atoms with Crippen molar-refractivity contribution in [1.29, 1.82) is 0 Å². The van der Waals surface area contributed by atoms with Crippen molar-refractivity contribution < 1.29 is 37.6 Å². The quantitative estimate of drug-likeness (QED) is 0.0279. The van der Waals surface area contributed by atoms with Crippen LogP contribution in [0.4, 0.5) is 0 Å². The third-order valence-electron chi connectivity index (χ3n) is 9.31. The molecule has 0 bridgehead atoms. The number of ether oxygens (including phenoxy) is 2. The summed E-state index contributed by atoms with van der Waals surface area (Å²) >= 11 is 0. The monoisotopic (exact) mass is 822 g/mol. The van der Waals surface area contributed by atoms with E-state index in [-0.39, 0.29) is 32.0 Å². The molecule has 0 saturated carbocycles. The Kier molecular flexibility index (Phi) is 40.2. The van der Waals surface area contributed by atoms with Crippen LogP contribution in [0.15, 0.2) is 60.8 Å². The van der Waals surface area contributed by atoms with Gasteiger partial charge in [0, 0.05) is 19.4 Å². The molecule has 0 aromatic heterocycles. The molecule has 9 nitrogen and oxygen atoms in total. The van der Waals surface area contributed by atoms with E-state index in [2.05, 4.69) is 74.6 Å². The Hall–Kier alpha value is -2.29. The normalized spacial score (nSPS) is 13.9. The van der Waals surface area contributed by atoms with Crippen molar-refractivity contribution in [3.8, 4) is 0 Å². The molecular formula is C47H84NO8P. The van der Waals surface area contributed by atoms with Crippen LogP contribution in [0, 0.1) is 0 Å². The number of hydrogen-bond donors (Lipinski definition) is 1. The minimum Gasteiger partial charge on any atom is -0.462 e. The first kappa shape index (κ1) is 54.7. The van der Waals surface area contributed by atoms with E-state index >= 15 is 0 Å². The molecule has 0 heterocycles. The molecule has 0 aromatic rings. The molecular weight excluding hydrogens is 737 g/mol. The number of hydrogen-bond acceptors (Lipinski definition) is 8. The molecule has 0 saturated heterocycles. The highest BCUT2D eigenvalue weighted by Crippen LogP contribution is 2.43. The van der Waals surface area contributed by atoms with Gasteiger partial charge in [-0.15, -0.1) is 0 Å². The van der Waals surface area contributed by atoms with Gasteiger partial charge in [-0.3, -0.25) is 18.6 Å². The summed E-state index contributed by atoms with van der Waals surface area (Å²) in [7, 11) is -0.739. The van der Waals surface area contributed by atoms with E-state index in [1.54, 1.807) is 0 Å². The van der Waals surface area contributed by atoms with Crippen LogP contribution in [-0.4, -0.2) is 68.3 Å². The van der Waals surface area contributed by atoms with Crippen molar-refractivity contribution in [3.63, 3.8) is 0 Å². The number of phosphoric acid groups is 1.